The highest BCUT2D eigenvalue weighted by Crippen LogP contribution is 2.29. The summed E-state index contributed by atoms with van der Waals surface area (Å²) < 4.78 is 10.7. The lowest BCUT2D eigenvalue weighted by Crippen LogP contribution is -2.45. The van der Waals surface area contributed by atoms with Gasteiger partial charge in [-0.05, 0) is 47.6 Å². The first-order valence-electron chi connectivity index (χ1n) is 10.9. The first kappa shape index (κ1) is 22.6. The fraction of sp³-hybridized carbons (Fsp3) is 0.385. The Hall–Kier alpha value is -3.08. The van der Waals surface area contributed by atoms with E-state index in [1.165, 1.54) is 6.42 Å². The molecule has 0 spiro atoms. The zero-order chi connectivity index (χ0) is 22.2. The highest BCUT2D eigenvalue weighted by Gasteiger charge is 2.28. The summed E-state index contributed by atoms with van der Waals surface area (Å²) in [4.78, 5) is 25.4. The number of hydrogen-bond donors (Lipinski definition) is 1. The molecule has 3 rings (SSSR count). The third-order valence-electron chi connectivity index (χ3n) is 6.10. The fourth-order valence-corrected chi connectivity index (χ4v) is 4.02. The van der Waals surface area contributed by atoms with E-state index in [1.54, 1.807) is 13.2 Å². The second kappa shape index (κ2) is 10.8. The third kappa shape index (κ3) is 6.20. The Kier molecular flexibility index (Phi) is 7.88. The van der Waals surface area contributed by atoms with E-state index in [9.17, 15) is 9.59 Å². The van der Waals surface area contributed by atoms with Gasteiger partial charge in [-0.2, -0.15) is 0 Å². The molecule has 1 aliphatic rings. The minimum Gasteiger partial charge on any atom is -0.497 e. The first-order chi connectivity index (χ1) is 15.0. The first-order valence-corrected chi connectivity index (χ1v) is 10.9. The van der Waals surface area contributed by atoms with Crippen molar-refractivity contribution in [1.82, 2.24) is 5.32 Å². The maximum atomic E-state index is 12.9. The van der Waals surface area contributed by atoms with E-state index in [0.717, 1.165) is 24.0 Å². The summed E-state index contributed by atoms with van der Waals surface area (Å²) in [6.45, 7) is 4.10. The largest absolute Gasteiger partial charge is 0.497 e. The zero-order valence-corrected chi connectivity index (χ0v) is 18.5. The average molecular weight is 422 g/mol. The molecule has 0 aliphatic heterocycles. The van der Waals surface area contributed by atoms with Crippen molar-refractivity contribution in [2.24, 2.45) is 11.8 Å². The van der Waals surface area contributed by atoms with Gasteiger partial charge in [0.2, 0.25) is 0 Å². The number of ether oxygens (including phenoxy) is 2. The predicted octanol–water partition coefficient (Wildman–Crippen LogP) is 4.72. The van der Waals surface area contributed by atoms with Crippen molar-refractivity contribution in [2.45, 2.75) is 39.2 Å². The molecular formula is C26H31NO4. The van der Waals surface area contributed by atoms with Crippen LogP contribution in [0.1, 0.15) is 44.2 Å². The Morgan fingerprint density at radius 3 is 2.58 bits per heavy atom. The van der Waals surface area contributed by atoms with Crippen LogP contribution in [0.4, 0.5) is 0 Å². The third-order valence-corrected chi connectivity index (χ3v) is 6.10. The lowest BCUT2D eigenvalue weighted by molar-refractivity contribution is -0.143. The molecular weight excluding hydrogens is 390 g/mol. The van der Waals surface area contributed by atoms with Crippen LogP contribution in [0.2, 0.25) is 0 Å². The number of amides is 1. The number of carbonyl (C=O) groups is 2. The van der Waals surface area contributed by atoms with Crippen LogP contribution in [-0.4, -0.2) is 31.6 Å². The molecule has 2 aromatic rings. The number of rotatable bonds is 7. The minimum atomic E-state index is -0.533. The van der Waals surface area contributed by atoms with Gasteiger partial charge in [0.1, 0.15) is 5.75 Å². The van der Waals surface area contributed by atoms with E-state index in [2.05, 4.69) is 19.2 Å². The minimum absolute atomic E-state index is 0.135. The molecule has 5 nitrogen and oxygen atoms in total. The summed E-state index contributed by atoms with van der Waals surface area (Å²) in [5.74, 6) is 0.908. The molecule has 0 saturated heterocycles. The maximum absolute atomic E-state index is 12.9. The fourth-order valence-electron chi connectivity index (χ4n) is 4.02. The van der Waals surface area contributed by atoms with Gasteiger partial charge in [0.25, 0.3) is 5.91 Å². The lowest BCUT2D eigenvalue weighted by Gasteiger charge is -2.34. The van der Waals surface area contributed by atoms with Crippen molar-refractivity contribution in [2.75, 3.05) is 13.7 Å². The molecule has 3 atom stereocenters. The summed E-state index contributed by atoms with van der Waals surface area (Å²) in [7, 11) is 1.60. The van der Waals surface area contributed by atoms with Gasteiger partial charge < -0.3 is 14.8 Å². The molecule has 1 aliphatic carbocycles. The van der Waals surface area contributed by atoms with Gasteiger partial charge in [0, 0.05) is 6.04 Å². The van der Waals surface area contributed by atoms with Crippen LogP contribution in [0.5, 0.6) is 5.75 Å². The highest BCUT2D eigenvalue weighted by molar-refractivity contribution is 6.21. The Labute approximate surface area is 184 Å². The molecule has 31 heavy (non-hydrogen) atoms. The number of nitrogens with one attached hydrogen (secondary N) is 1. The van der Waals surface area contributed by atoms with Crippen LogP contribution in [0.15, 0.2) is 54.6 Å². The lowest BCUT2D eigenvalue weighted by atomic mass is 9.78. The highest BCUT2D eigenvalue weighted by atomic mass is 16.5. The standard InChI is InChI=1S/C26H31NO4/c1-18-9-7-14-24(19(18)2)27-25(28)17-31-26(29)23(21-11-5-4-6-12-21)16-20-10-8-13-22(15-20)30-3/h4-6,8,10-13,15-16,18-19,24H,7,9,14,17H2,1-3H3,(H,27,28)/b23-16+/t18-,19+,24-/m1/s1. The normalized spacial score (nSPS) is 21.3. The number of esters is 1. The smallest absolute Gasteiger partial charge is 0.339 e. The molecule has 164 valence electrons. The van der Waals surface area contributed by atoms with Crippen molar-refractivity contribution in [3.8, 4) is 5.75 Å². The Bertz CT molecular complexity index is 922. The average Bonchev–Trinajstić information content (AvgIpc) is 2.79. The monoisotopic (exact) mass is 421 g/mol. The maximum Gasteiger partial charge on any atom is 0.339 e. The second-order valence-corrected chi connectivity index (χ2v) is 8.22. The molecule has 0 heterocycles. The van der Waals surface area contributed by atoms with Crippen molar-refractivity contribution in [1.29, 1.82) is 0 Å². The van der Waals surface area contributed by atoms with Crippen LogP contribution in [-0.2, 0) is 14.3 Å². The van der Waals surface area contributed by atoms with Gasteiger partial charge in [-0.25, -0.2) is 4.79 Å². The summed E-state index contributed by atoms with van der Waals surface area (Å²) in [5, 5.41) is 3.05. The van der Waals surface area contributed by atoms with Crippen molar-refractivity contribution in [3.63, 3.8) is 0 Å². The van der Waals surface area contributed by atoms with Crippen molar-refractivity contribution < 1.29 is 19.1 Å². The van der Waals surface area contributed by atoms with E-state index in [-0.39, 0.29) is 18.6 Å². The quantitative estimate of drug-likeness (QED) is 0.399. The Balaban J connectivity index is 1.70. The summed E-state index contributed by atoms with van der Waals surface area (Å²) in [6, 6.07) is 16.9. The molecule has 5 heteroatoms. The molecule has 1 saturated carbocycles. The summed E-state index contributed by atoms with van der Waals surface area (Å²) >= 11 is 0. The van der Waals surface area contributed by atoms with Gasteiger partial charge in [-0.15, -0.1) is 0 Å². The van der Waals surface area contributed by atoms with Crippen LogP contribution in [0, 0.1) is 11.8 Å². The number of methoxy groups -OCH3 is 1. The van der Waals surface area contributed by atoms with Crippen molar-refractivity contribution >= 4 is 23.5 Å². The molecule has 0 radical (unpaired) electrons. The molecule has 0 bridgehead atoms. The van der Waals surface area contributed by atoms with Gasteiger partial charge in [-0.1, -0.05) is 69.2 Å². The van der Waals surface area contributed by atoms with Crippen LogP contribution in [0.25, 0.3) is 11.6 Å². The predicted molar refractivity (Wildman–Crippen MR) is 122 cm³/mol. The van der Waals surface area contributed by atoms with E-state index in [4.69, 9.17) is 9.47 Å². The van der Waals surface area contributed by atoms with Crippen LogP contribution >= 0.6 is 0 Å². The molecule has 1 fully saturated rings. The zero-order valence-electron chi connectivity index (χ0n) is 18.5. The molecule has 2 aromatic carbocycles. The number of carbonyl (C=O) groups excluding carboxylic acids is 2. The van der Waals surface area contributed by atoms with E-state index in [0.29, 0.717) is 23.2 Å². The molecule has 0 unspecified atom stereocenters. The summed E-state index contributed by atoms with van der Waals surface area (Å²) in [5.41, 5.74) is 1.93. The SMILES string of the molecule is COc1cccc(/C=C(/C(=O)OCC(=O)N[C@@H]2CCC[C@@H](C)[C@@H]2C)c2ccccc2)c1. The number of benzene rings is 2. The van der Waals surface area contributed by atoms with Gasteiger partial charge >= 0.3 is 5.97 Å². The van der Waals surface area contributed by atoms with E-state index < -0.39 is 5.97 Å². The Morgan fingerprint density at radius 1 is 1.06 bits per heavy atom. The second-order valence-electron chi connectivity index (χ2n) is 8.22. The van der Waals surface area contributed by atoms with E-state index >= 15 is 0 Å². The van der Waals surface area contributed by atoms with Gasteiger partial charge in [-0.3, -0.25) is 4.79 Å². The van der Waals surface area contributed by atoms with Crippen LogP contribution < -0.4 is 10.1 Å². The van der Waals surface area contributed by atoms with Crippen LogP contribution in [0.3, 0.4) is 0 Å². The van der Waals surface area contributed by atoms with Gasteiger partial charge in [0.15, 0.2) is 6.61 Å². The molecule has 1 amide bonds. The van der Waals surface area contributed by atoms with Gasteiger partial charge in [0.05, 0.1) is 12.7 Å². The number of hydrogen-bond acceptors (Lipinski definition) is 4. The molecule has 1 N–H and O–H groups in total. The van der Waals surface area contributed by atoms with Crippen molar-refractivity contribution in [3.05, 3.63) is 65.7 Å². The molecule has 0 aromatic heterocycles. The topological polar surface area (TPSA) is 64.6 Å². The Morgan fingerprint density at radius 2 is 1.84 bits per heavy atom. The van der Waals surface area contributed by atoms with E-state index in [1.807, 2.05) is 54.6 Å². The summed E-state index contributed by atoms with van der Waals surface area (Å²) in [6.07, 6.45) is 5.02.